The number of pyridine rings is 2. The number of aromatic nitrogens is 7. The van der Waals surface area contributed by atoms with Crippen molar-refractivity contribution in [1.82, 2.24) is 34.5 Å². The molecule has 0 aliphatic heterocycles. The number of carbonyl (C=O) groups is 1. The van der Waals surface area contributed by atoms with Gasteiger partial charge in [0, 0.05) is 26.3 Å². The first-order chi connectivity index (χ1) is 16.2. The number of anilines is 2. The fraction of sp³-hybridized carbons (Fsp3) is 0.273. The lowest BCUT2D eigenvalue weighted by molar-refractivity contribution is 0.101. The molecule has 1 amide bonds. The number of hydrogen-bond acceptors (Lipinski definition) is 7. The summed E-state index contributed by atoms with van der Waals surface area (Å²) in [7, 11) is 3.66. The zero-order valence-corrected chi connectivity index (χ0v) is 19.0. The second kappa shape index (κ2) is 9.33. The molecule has 0 aliphatic rings. The van der Waals surface area contributed by atoms with Crippen molar-refractivity contribution in [3.05, 3.63) is 60.4 Å². The maximum atomic E-state index is 13.7. The van der Waals surface area contributed by atoms with Gasteiger partial charge in [0.2, 0.25) is 0 Å². The molecular formula is C22H23F2N9O. The van der Waals surface area contributed by atoms with E-state index in [1.165, 1.54) is 17.1 Å². The number of rotatable bonds is 7. The minimum Gasteiger partial charge on any atom is -0.376 e. The summed E-state index contributed by atoms with van der Waals surface area (Å²) in [5, 5.41) is 14.5. The molecule has 4 aromatic heterocycles. The smallest absolute Gasteiger partial charge is 0.282 e. The van der Waals surface area contributed by atoms with Gasteiger partial charge in [0.25, 0.3) is 12.3 Å². The van der Waals surface area contributed by atoms with Crippen LogP contribution in [0.25, 0.3) is 17.2 Å². The Bertz CT molecular complexity index is 1310. The van der Waals surface area contributed by atoms with Crippen LogP contribution >= 0.6 is 0 Å². The number of carbonyl (C=O) groups excluding carboxylic acids is 1. The first-order valence-corrected chi connectivity index (χ1v) is 10.4. The number of nitrogens with one attached hydrogen (secondary N) is 1. The third kappa shape index (κ3) is 4.60. The molecule has 0 saturated heterocycles. The largest absolute Gasteiger partial charge is 0.376 e. The molecule has 0 aromatic carbocycles. The second-order valence-electron chi connectivity index (χ2n) is 7.99. The first kappa shape index (κ1) is 23.0. The van der Waals surface area contributed by atoms with Crippen LogP contribution in [0.2, 0.25) is 0 Å². The van der Waals surface area contributed by atoms with Crippen molar-refractivity contribution in [2.75, 3.05) is 24.3 Å². The quantitative estimate of drug-likeness (QED) is 0.441. The Morgan fingerprint density at radius 2 is 1.97 bits per heavy atom. The highest BCUT2D eigenvalue weighted by atomic mass is 19.3. The van der Waals surface area contributed by atoms with E-state index in [-0.39, 0.29) is 17.4 Å². The fourth-order valence-corrected chi connectivity index (χ4v) is 3.26. The maximum Gasteiger partial charge on any atom is 0.282 e. The molecule has 12 heteroatoms. The molecule has 0 atom stereocenters. The van der Waals surface area contributed by atoms with Crippen molar-refractivity contribution in [3.63, 3.8) is 0 Å². The van der Waals surface area contributed by atoms with E-state index in [0.29, 0.717) is 17.2 Å². The van der Waals surface area contributed by atoms with Crippen LogP contribution in [0.15, 0.2) is 49.2 Å². The Labute approximate surface area is 194 Å². The fourth-order valence-electron chi connectivity index (χ4n) is 3.26. The summed E-state index contributed by atoms with van der Waals surface area (Å²) < 4.78 is 30.5. The van der Waals surface area contributed by atoms with Gasteiger partial charge < -0.3 is 14.8 Å². The Morgan fingerprint density at radius 1 is 1.18 bits per heavy atom. The number of alkyl halides is 2. The topological polar surface area (TPSA) is 107 Å². The molecule has 0 spiro atoms. The summed E-state index contributed by atoms with van der Waals surface area (Å²) in [4.78, 5) is 23.3. The van der Waals surface area contributed by atoms with Crippen LogP contribution in [0.3, 0.4) is 0 Å². The standard InChI is InChI=1S/C22H23F2N9O/c1-13(2)32-12-26-29-21(32)17-6-5-7-18(27-17)28-22(34)16-11-33(30-19(16)20(23)24)15-8-14(31(3)4)9-25-10-15/h5-13,20H,1-4H3,(H,27,28,34). The lowest BCUT2D eigenvalue weighted by Crippen LogP contribution is -2.15. The van der Waals surface area contributed by atoms with Crippen LogP contribution in [-0.2, 0) is 0 Å². The van der Waals surface area contributed by atoms with E-state index in [2.05, 4.69) is 30.6 Å². The number of nitrogens with zero attached hydrogens (tertiary/aromatic N) is 8. The van der Waals surface area contributed by atoms with Crippen molar-refractivity contribution >= 4 is 17.4 Å². The van der Waals surface area contributed by atoms with Crippen molar-refractivity contribution in [2.24, 2.45) is 0 Å². The molecule has 4 rings (SSSR count). The third-order valence-electron chi connectivity index (χ3n) is 5.03. The predicted molar refractivity (Wildman–Crippen MR) is 122 cm³/mol. The molecule has 0 bridgehead atoms. The Kier molecular flexibility index (Phi) is 6.30. The summed E-state index contributed by atoms with van der Waals surface area (Å²) in [5.41, 5.74) is 0.791. The Balaban J connectivity index is 1.64. The Morgan fingerprint density at radius 3 is 2.68 bits per heavy atom. The highest BCUT2D eigenvalue weighted by molar-refractivity contribution is 6.04. The maximum absolute atomic E-state index is 13.7. The molecule has 0 saturated carbocycles. The van der Waals surface area contributed by atoms with E-state index in [0.717, 1.165) is 5.69 Å². The van der Waals surface area contributed by atoms with Crippen LogP contribution in [0.5, 0.6) is 0 Å². The summed E-state index contributed by atoms with van der Waals surface area (Å²) in [6.45, 7) is 3.96. The van der Waals surface area contributed by atoms with E-state index < -0.39 is 18.0 Å². The van der Waals surface area contributed by atoms with Gasteiger partial charge in [-0.25, -0.2) is 18.4 Å². The highest BCUT2D eigenvalue weighted by Crippen LogP contribution is 2.25. The van der Waals surface area contributed by atoms with Gasteiger partial charge in [-0.3, -0.25) is 9.78 Å². The van der Waals surface area contributed by atoms with Crippen molar-refractivity contribution in [2.45, 2.75) is 26.3 Å². The molecule has 176 valence electrons. The van der Waals surface area contributed by atoms with Gasteiger partial charge in [-0.05, 0) is 32.0 Å². The van der Waals surface area contributed by atoms with E-state index in [1.54, 1.807) is 36.8 Å². The SMILES string of the molecule is CC(C)n1cnnc1-c1cccc(NC(=O)c2cn(-c3cncc(N(C)C)c3)nc2C(F)F)n1. The first-order valence-electron chi connectivity index (χ1n) is 10.4. The van der Waals surface area contributed by atoms with Gasteiger partial charge in [-0.1, -0.05) is 6.07 Å². The normalized spacial score (nSPS) is 11.3. The third-order valence-corrected chi connectivity index (χ3v) is 5.03. The van der Waals surface area contributed by atoms with Gasteiger partial charge >= 0.3 is 0 Å². The molecule has 10 nitrogen and oxygen atoms in total. The average molecular weight is 467 g/mol. The highest BCUT2D eigenvalue weighted by Gasteiger charge is 2.24. The Hall–Kier alpha value is -4.22. The summed E-state index contributed by atoms with van der Waals surface area (Å²) in [6.07, 6.45) is 3.01. The lowest BCUT2D eigenvalue weighted by Gasteiger charge is -2.12. The summed E-state index contributed by atoms with van der Waals surface area (Å²) >= 11 is 0. The van der Waals surface area contributed by atoms with Crippen molar-refractivity contribution in [3.8, 4) is 17.2 Å². The van der Waals surface area contributed by atoms with E-state index >= 15 is 0 Å². The predicted octanol–water partition coefficient (Wildman–Crippen LogP) is 3.76. The minimum atomic E-state index is -2.95. The summed E-state index contributed by atoms with van der Waals surface area (Å²) in [5.74, 6) is -0.0428. The van der Waals surface area contributed by atoms with Crippen LogP contribution in [0.4, 0.5) is 20.3 Å². The van der Waals surface area contributed by atoms with Crippen LogP contribution in [0, 0.1) is 0 Å². The van der Waals surface area contributed by atoms with Gasteiger partial charge in [-0.2, -0.15) is 5.10 Å². The second-order valence-corrected chi connectivity index (χ2v) is 7.99. The van der Waals surface area contributed by atoms with Crippen molar-refractivity contribution < 1.29 is 13.6 Å². The number of hydrogen-bond donors (Lipinski definition) is 1. The molecular weight excluding hydrogens is 444 g/mol. The molecule has 1 N–H and O–H groups in total. The number of halogens is 2. The van der Waals surface area contributed by atoms with Gasteiger partial charge in [0.1, 0.15) is 23.5 Å². The van der Waals surface area contributed by atoms with Crippen LogP contribution in [-0.4, -0.2) is 54.5 Å². The zero-order chi connectivity index (χ0) is 24.4. The lowest BCUT2D eigenvalue weighted by atomic mass is 10.2. The van der Waals surface area contributed by atoms with Crippen LogP contribution < -0.4 is 10.2 Å². The monoisotopic (exact) mass is 467 g/mol. The van der Waals surface area contributed by atoms with Crippen molar-refractivity contribution in [1.29, 1.82) is 0 Å². The van der Waals surface area contributed by atoms with Gasteiger partial charge in [0.05, 0.1) is 29.3 Å². The van der Waals surface area contributed by atoms with Gasteiger partial charge in [0.15, 0.2) is 5.82 Å². The molecule has 0 radical (unpaired) electrons. The average Bonchev–Trinajstić information content (AvgIpc) is 3.47. The van der Waals surface area contributed by atoms with Gasteiger partial charge in [-0.15, -0.1) is 10.2 Å². The van der Waals surface area contributed by atoms with E-state index in [1.807, 2.05) is 37.4 Å². The molecule has 0 unspecified atom stereocenters. The summed E-state index contributed by atoms with van der Waals surface area (Å²) in [6, 6.07) is 6.81. The molecule has 4 aromatic rings. The molecule has 0 aliphatic carbocycles. The molecule has 4 heterocycles. The molecule has 34 heavy (non-hydrogen) atoms. The van der Waals surface area contributed by atoms with E-state index in [9.17, 15) is 13.6 Å². The van der Waals surface area contributed by atoms with E-state index in [4.69, 9.17) is 0 Å². The molecule has 0 fully saturated rings. The zero-order valence-electron chi connectivity index (χ0n) is 19.0. The number of amides is 1. The van der Waals surface area contributed by atoms with Crippen LogP contribution in [0.1, 0.15) is 42.4 Å². The minimum absolute atomic E-state index is 0.102.